The summed E-state index contributed by atoms with van der Waals surface area (Å²) in [5, 5.41) is 24.2. The van der Waals surface area contributed by atoms with E-state index in [9.17, 15) is 15.0 Å². The molecule has 0 unspecified atom stereocenters. The highest BCUT2D eigenvalue weighted by molar-refractivity contribution is 6.02. The van der Waals surface area contributed by atoms with Crippen molar-refractivity contribution in [1.29, 1.82) is 0 Å². The highest BCUT2D eigenvalue weighted by Gasteiger charge is 2.42. The van der Waals surface area contributed by atoms with E-state index in [1.165, 1.54) is 17.2 Å². The minimum atomic E-state index is -1.13. The second-order valence-corrected chi connectivity index (χ2v) is 7.76. The number of hydrogen-bond donors (Lipinski definition) is 3. The van der Waals surface area contributed by atoms with Crippen LogP contribution in [0.4, 0.5) is 0 Å². The lowest BCUT2D eigenvalue weighted by Crippen LogP contribution is -2.30. The number of fused-ring (bicyclic) bond motifs is 2. The molecular formula is C21H22N6O4. The SMILES string of the molecule is C[C@H]1O[C@@H](n2cnc3c(C(=O)NCc4ccc5c(ccn5C)c4)ncnc32)[C@H](O)[C@@H]1O. The third kappa shape index (κ3) is 3.25. The number of imidazole rings is 1. The van der Waals surface area contributed by atoms with E-state index in [-0.39, 0.29) is 11.6 Å². The minimum Gasteiger partial charge on any atom is -0.388 e. The second-order valence-electron chi connectivity index (χ2n) is 7.76. The van der Waals surface area contributed by atoms with E-state index >= 15 is 0 Å². The smallest absolute Gasteiger partial charge is 0.272 e. The Bertz CT molecular complexity index is 1280. The number of hydrogen-bond acceptors (Lipinski definition) is 7. The first-order chi connectivity index (χ1) is 14.9. The van der Waals surface area contributed by atoms with Crippen molar-refractivity contribution in [2.24, 2.45) is 7.05 Å². The Morgan fingerprint density at radius 3 is 2.81 bits per heavy atom. The Hall–Kier alpha value is -3.34. The zero-order valence-corrected chi connectivity index (χ0v) is 17.0. The van der Waals surface area contributed by atoms with Crippen molar-refractivity contribution in [2.75, 3.05) is 0 Å². The van der Waals surface area contributed by atoms with E-state index in [2.05, 4.69) is 20.3 Å². The van der Waals surface area contributed by atoms with Crippen molar-refractivity contribution >= 4 is 28.0 Å². The molecule has 160 valence electrons. The molecule has 5 rings (SSSR count). The van der Waals surface area contributed by atoms with Gasteiger partial charge >= 0.3 is 0 Å². The van der Waals surface area contributed by atoms with E-state index in [0.717, 1.165) is 16.5 Å². The monoisotopic (exact) mass is 422 g/mol. The third-order valence-corrected chi connectivity index (χ3v) is 5.73. The first-order valence-electron chi connectivity index (χ1n) is 9.95. The van der Waals surface area contributed by atoms with Crippen LogP contribution >= 0.6 is 0 Å². The summed E-state index contributed by atoms with van der Waals surface area (Å²) in [6, 6.07) is 8.05. The summed E-state index contributed by atoms with van der Waals surface area (Å²) in [4.78, 5) is 25.4. The molecule has 1 aliphatic rings. The van der Waals surface area contributed by atoms with Crippen molar-refractivity contribution in [3.8, 4) is 0 Å². The van der Waals surface area contributed by atoms with E-state index in [0.29, 0.717) is 17.7 Å². The molecule has 0 saturated carbocycles. The van der Waals surface area contributed by atoms with Crippen molar-refractivity contribution in [3.05, 3.63) is 54.4 Å². The average Bonchev–Trinajstić information content (AvgIpc) is 3.44. The van der Waals surface area contributed by atoms with Gasteiger partial charge in [-0.05, 0) is 36.1 Å². The number of benzene rings is 1. The third-order valence-electron chi connectivity index (χ3n) is 5.73. The quantitative estimate of drug-likeness (QED) is 0.446. The summed E-state index contributed by atoms with van der Waals surface area (Å²) in [7, 11) is 1.99. The predicted octanol–water partition coefficient (Wildman–Crippen LogP) is 0.887. The fourth-order valence-electron chi connectivity index (χ4n) is 3.97. The van der Waals surface area contributed by atoms with Gasteiger partial charge in [-0.1, -0.05) is 6.07 Å². The topological polar surface area (TPSA) is 127 Å². The number of aliphatic hydroxyl groups excluding tert-OH is 2. The highest BCUT2D eigenvalue weighted by atomic mass is 16.6. The van der Waals surface area contributed by atoms with E-state index < -0.39 is 24.5 Å². The van der Waals surface area contributed by atoms with Gasteiger partial charge in [0.05, 0.1) is 12.4 Å². The molecular weight excluding hydrogens is 400 g/mol. The van der Waals surface area contributed by atoms with Gasteiger partial charge in [-0.25, -0.2) is 15.0 Å². The zero-order valence-electron chi connectivity index (χ0n) is 17.0. The van der Waals surface area contributed by atoms with Crippen molar-refractivity contribution in [1.82, 2.24) is 29.4 Å². The van der Waals surface area contributed by atoms with Crippen LogP contribution in [0.15, 0.2) is 43.1 Å². The number of ether oxygens (including phenoxy) is 1. The van der Waals surface area contributed by atoms with Gasteiger partial charge in [0, 0.05) is 25.3 Å². The van der Waals surface area contributed by atoms with Crippen molar-refractivity contribution in [2.45, 2.75) is 38.0 Å². The number of aliphatic hydroxyl groups is 2. The molecule has 1 saturated heterocycles. The van der Waals surface area contributed by atoms with Crippen LogP contribution in [-0.4, -0.2) is 58.5 Å². The molecule has 1 amide bonds. The van der Waals surface area contributed by atoms with Gasteiger partial charge in [-0.3, -0.25) is 9.36 Å². The molecule has 1 fully saturated rings. The molecule has 4 atom stereocenters. The lowest BCUT2D eigenvalue weighted by Gasteiger charge is -2.16. The maximum absolute atomic E-state index is 12.8. The summed E-state index contributed by atoms with van der Waals surface area (Å²) in [5.41, 5.74) is 2.85. The minimum absolute atomic E-state index is 0.130. The normalized spacial score (nSPS) is 23.6. The van der Waals surface area contributed by atoms with Gasteiger partial charge in [-0.15, -0.1) is 0 Å². The van der Waals surface area contributed by atoms with Crippen LogP contribution in [0.5, 0.6) is 0 Å². The number of rotatable bonds is 4. The van der Waals surface area contributed by atoms with Gasteiger partial charge in [0.2, 0.25) is 0 Å². The Labute approximate surface area is 177 Å². The molecule has 0 bridgehead atoms. The summed E-state index contributed by atoms with van der Waals surface area (Å²) in [6.45, 7) is 2.01. The number of aromatic nitrogens is 5. The van der Waals surface area contributed by atoms with Crippen molar-refractivity contribution < 1.29 is 19.7 Å². The van der Waals surface area contributed by atoms with Gasteiger partial charge in [0.25, 0.3) is 5.91 Å². The van der Waals surface area contributed by atoms with E-state index in [1.807, 2.05) is 42.1 Å². The molecule has 1 aromatic carbocycles. The van der Waals surface area contributed by atoms with Gasteiger partial charge in [0.1, 0.15) is 24.1 Å². The summed E-state index contributed by atoms with van der Waals surface area (Å²) in [6.07, 6.45) is 1.15. The molecule has 10 heteroatoms. The van der Waals surface area contributed by atoms with Gasteiger partial charge in [-0.2, -0.15) is 0 Å². The van der Waals surface area contributed by atoms with Crippen LogP contribution in [-0.2, 0) is 18.3 Å². The molecule has 0 spiro atoms. The van der Waals surface area contributed by atoms with E-state index in [4.69, 9.17) is 4.74 Å². The zero-order chi connectivity index (χ0) is 21.7. The molecule has 4 aromatic rings. The lowest BCUT2D eigenvalue weighted by molar-refractivity contribution is -0.0299. The first kappa shape index (κ1) is 19.6. The fraction of sp³-hybridized carbons (Fsp3) is 0.333. The number of amides is 1. The van der Waals surface area contributed by atoms with Crippen LogP contribution in [0.25, 0.3) is 22.1 Å². The molecule has 3 aromatic heterocycles. The highest BCUT2D eigenvalue weighted by Crippen LogP contribution is 2.31. The number of nitrogens with one attached hydrogen (secondary N) is 1. The number of carbonyl (C=O) groups excluding carboxylic acids is 1. The molecule has 31 heavy (non-hydrogen) atoms. The standard InChI is InChI=1S/C21H22N6O4/c1-11-17(28)18(29)21(31-11)27-10-25-15-16(23-9-24-19(15)27)20(30)22-8-12-3-4-14-13(7-12)5-6-26(14)2/h3-7,9-11,17-18,21,28-29H,8H2,1-2H3,(H,22,30)/t11-,17-,18-,21-/m1/s1. The molecule has 1 aliphatic heterocycles. The maximum atomic E-state index is 12.8. The summed E-state index contributed by atoms with van der Waals surface area (Å²) < 4.78 is 9.19. The summed E-state index contributed by atoms with van der Waals surface area (Å²) >= 11 is 0. The Balaban J connectivity index is 1.38. The summed E-state index contributed by atoms with van der Waals surface area (Å²) in [5.74, 6) is -0.382. The largest absolute Gasteiger partial charge is 0.388 e. The molecule has 0 aliphatic carbocycles. The van der Waals surface area contributed by atoms with Crippen LogP contribution in [0.1, 0.15) is 29.2 Å². The van der Waals surface area contributed by atoms with Crippen LogP contribution < -0.4 is 5.32 Å². The molecule has 10 nitrogen and oxygen atoms in total. The Morgan fingerprint density at radius 1 is 1.19 bits per heavy atom. The Morgan fingerprint density at radius 2 is 2.03 bits per heavy atom. The number of nitrogens with zero attached hydrogens (tertiary/aromatic N) is 5. The van der Waals surface area contributed by atoms with Crippen LogP contribution in [0.2, 0.25) is 0 Å². The van der Waals surface area contributed by atoms with E-state index in [1.54, 1.807) is 6.92 Å². The van der Waals surface area contributed by atoms with Crippen molar-refractivity contribution in [3.63, 3.8) is 0 Å². The fourth-order valence-corrected chi connectivity index (χ4v) is 3.97. The second kappa shape index (κ2) is 7.41. The average molecular weight is 422 g/mol. The van der Waals surface area contributed by atoms with Gasteiger partial charge in [0.15, 0.2) is 17.6 Å². The number of carbonyl (C=O) groups is 1. The Kier molecular flexibility index (Phi) is 4.69. The molecule has 3 N–H and O–H groups in total. The van der Waals surface area contributed by atoms with Gasteiger partial charge < -0.3 is 24.8 Å². The predicted molar refractivity (Wildman–Crippen MR) is 111 cm³/mol. The number of aryl methyl sites for hydroxylation is 1. The maximum Gasteiger partial charge on any atom is 0.272 e. The lowest BCUT2D eigenvalue weighted by atomic mass is 10.1. The van der Waals surface area contributed by atoms with Crippen LogP contribution in [0, 0.1) is 0 Å². The van der Waals surface area contributed by atoms with Crippen LogP contribution in [0.3, 0.4) is 0 Å². The molecule has 4 heterocycles. The molecule has 0 radical (unpaired) electrons. The first-order valence-corrected chi connectivity index (χ1v) is 9.95.